The summed E-state index contributed by atoms with van der Waals surface area (Å²) >= 11 is 6.09. The molecule has 1 aliphatic rings. The number of amides is 1. The Hall–Kier alpha value is -2.99. The lowest BCUT2D eigenvalue weighted by Crippen LogP contribution is -2.24. The monoisotopic (exact) mass is 397 g/mol. The van der Waals surface area contributed by atoms with E-state index in [1.54, 1.807) is 16.9 Å². The Labute approximate surface area is 168 Å². The molecule has 0 spiro atoms. The highest BCUT2D eigenvalue weighted by molar-refractivity contribution is 6.30. The molecule has 6 nitrogen and oxygen atoms in total. The van der Waals surface area contributed by atoms with Crippen LogP contribution in [0.5, 0.6) is 11.5 Å². The van der Waals surface area contributed by atoms with Gasteiger partial charge in [0.05, 0.1) is 23.1 Å². The summed E-state index contributed by atoms with van der Waals surface area (Å²) in [4.78, 5) is 12.8. The van der Waals surface area contributed by atoms with Gasteiger partial charge in [-0.15, -0.1) is 0 Å². The minimum atomic E-state index is -0.167. The Morgan fingerprint density at radius 3 is 2.79 bits per heavy atom. The molecule has 3 aromatic rings. The summed E-state index contributed by atoms with van der Waals surface area (Å²) in [5.74, 6) is 1.28. The van der Waals surface area contributed by atoms with Gasteiger partial charge in [-0.05, 0) is 42.3 Å². The van der Waals surface area contributed by atoms with Gasteiger partial charge in [-0.1, -0.05) is 30.7 Å². The highest BCUT2D eigenvalue weighted by Crippen LogP contribution is 2.30. The smallest absolute Gasteiger partial charge is 0.255 e. The molecule has 1 aliphatic heterocycles. The van der Waals surface area contributed by atoms with E-state index in [4.69, 9.17) is 21.1 Å². The first kappa shape index (κ1) is 18.4. The maximum absolute atomic E-state index is 12.8. The first-order valence-electron chi connectivity index (χ1n) is 9.15. The van der Waals surface area contributed by atoms with Crippen LogP contribution in [0.4, 0.5) is 0 Å². The van der Waals surface area contributed by atoms with Crippen molar-refractivity contribution in [2.75, 3.05) is 13.2 Å². The summed E-state index contributed by atoms with van der Waals surface area (Å²) in [5, 5.41) is 7.98. The second kappa shape index (κ2) is 7.94. The summed E-state index contributed by atoms with van der Waals surface area (Å²) < 4.78 is 12.9. The molecule has 0 atom stereocenters. The van der Waals surface area contributed by atoms with Crippen molar-refractivity contribution in [3.63, 3.8) is 0 Å². The van der Waals surface area contributed by atoms with Crippen molar-refractivity contribution in [1.29, 1.82) is 0 Å². The molecule has 4 rings (SSSR count). The molecule has 0 fully saturated rings. The number of carbonyl (C=O) groups excluding carboxylic acids is 1. The Bertz CT molecular complexity index is 1020. The molecule has 1 N–H and O–H groups in total. The highest BCUT2D eigenvalue weighted by Gasteiger charge is 2.18. The predicted molar refractivity (Wildman–Crippen MR) is 107 cm³/mol. The van der Waals surface area contributed by atoms with Crippen molar-refractivity contribution in [2.24, 2.45) is 0 Å². The first-order chi connectivity index (χ1) is 13.7. The molecular formula is C21H20ClN3O3. The summed E-state index contributed by atoms with van der Waals surface area (Å²) in [5.41, 5.74) is 3.16. The normalized spacial score (nSPS) is 12.6. The Morgan fingerprint density at radius 2 is 2.00 bits per heavy atom. The van der Waals surface area contributed by atoms with E-state index >= 15 is 0 Å². The van der Waals surface area contributed by atoms with Crippen molar-refractivity contribution in [3.05, 3.63) is 70.5 Å². The second-order valence-corrected chi connectivity index (χ2v) is 6.85. The van der Waals surface area contributed by atoms with Crippen molar-refractivity contribution in [2.45, 2.75) is 19.9 Å². The second-order valence-electron chi connectivity index (χ2n) is 6.41. The fraction of sp³-hybridized carbons (Fsp3) is 0.238. The standard InChI is InChI=1S/C21H20ClN3O3/c1-2-18-17(13-24-25(18)16-5-3-4-15(22)11-16)21(26)23-12-14-6-7-19-20(10-14)28-9-8-27-19/h3-7,10-11,13H,2,8-9,12H2,1H3,(H,23,26). The molecule has 144 valence electrons. The zero-order chi connectivity index (χ0) is 19.5. The maximum Gasteiger partial charge on any atom is 0.255 e. The number of nitrogens with zero attached hydrogens (tertiary/aromatic N) is 2. The van der Waals surface area contributed by atoms with E-state index in [1.807, 2.05) is 43.3 Å². The number of halogens is 1. The molecule has 1 amide bonds. The number of carbonyl (C=O) groups is 1. The van der Waals surface area contributed by atoms with Crippen molar-refractivity contribution in [3.8, 4) is 17.2 Å². The number of rotatable bonds is 5. The molecular weight excluding hydrogens is 378 g/mol. The van der Waals surface area contributed by atoms with Gasteiger partial charge in [0.2, 0.25) is 0 Å². The van der Waals surface area contributed by atoms with E-state index in [0.717, 1.165) is 22.7 Å². The molecule has 0 radical (unpaired) electrons. The third kappa shape index (κ3) is 3.68. The summed E-state index contributed by atoms with van der Waals surface area (Å²) in [6.45, 7) is 3.47. The van der Waals surface area contributed by atoms with Crippen LogP contribution in [0.15, 0.2) is 48.7 Å². The van der Waals surface area contributed by atoms with Gasteiger partial charge in [-0.25, -0.2) is 4.68 Å². The Morgan fingerprint density at radius 1 is 1.18 bits per heavy atom. The fourth-order valence-electron chi connectivity index (χ4n) is 3.21. The van der Waals surface area contributed by atoms with E-state index in [9.17, 15) is 4.79 Å². The molecule has 7 heteroatoms. The molecule has 0 bridgehead atoms. The third-order valence-electron chi connectivity index (χ3n) is 4.56. The average Bonchev–Trinajstić information content (AvgIpc) is 3.16. The number of hydrogen-bond donors (Lipinski definition) is 1. The van der Waals surface area contributed by atoms with Crippen LogP contribution >= 0.6 is 11.6 Å². The fourth-order valence-corrected chi connectivity index (χ4v) is 3.39. The van der Waals surface area contributed by atoms with Gasteiger partial charge < -0.3 is 14.8 Å². The molecule has 2 aromatic carbocycles. The van der Waals surface area contributed by atoms with Gasteiger partial charge >= 0.3 is 0 Å². The molecule has 0 unspecified atom stereocenters. The van der Waals surface area contributed by atoms with Crippen LogP contribution in [0.2, 0.25) is 5.02 Å². The minimum Gasteiger partial charge on any atom is -0.486 e. The van der Waals surface area contributed by atoms with E-state index in [2.05, 4.69) is 10.4 Å². The molecule has 0 saturated carbocycles. The summed E-state index contributed by atoms with van der Waals surface area (Å²) in [6, 6.07) is 13.1. The molecule has 28 heavy (non-hydrogen) atoms. The topological polar surface area (TPSA) is 65.4 Å². The summed E-state index contributed by atoms with van der Waals surface area (Å²) in [7, 11) is 0. The number of fused-ring (bicyclic) bond motifs is 1. The lowest BCUT2D eigenvalue weighted by Gasteiger charge is -2.19. The third-order valence-corrected chi connectivity index (χ3v) is 4.80. The number of aromatic nitrogens is 2. The zero-order valence-corrected chi connectivity index (χ0v) is 16.2. The van der Waals surface area contributed by atoms with E-state index in [0.29, 0.717) is 42.5 Å². The molecule has 0 saturated heterocycles. The minimum absolute atomic E-state index is 0.167. The van der Waals surface area contributed by atoms with Crippen molar-refractivity contribution < 1.29 is 14.3 Å². The zero-order valence-electron chi connectivity index (χ0n) is 15.4. The predicted octanol–water partition coefficient (Wildman–Crippen LogP) is 3.79. The number of nitrogens with one attached hydrogen (secondary N) is 1. The Kier molecular flexibility index (Phi) is 5.21. The quantitative estimate of drug-likeness (QED) is 0.711. The number of benzene rings is 2. The Balaban J connectivity index is 1.51. The van der Waals surface area contributed by atoms with Gasteiger partial charge in [0, 0.05) is 11.6 Å². The van der Waals surface area contributed by atoms with Gasteiger partial charge in [-0.3, -0.25) is 4.79 Å². The molecule has 0 aliphatic carbocycles. The van der Waals surface area contributed by atoms with Crippen LogP contribution in [0, 0.1) is 0 Å². The summed E-state index contributed by atoms with van der Waals surface area (Å²) in [6.07, 6.45) is 2.26. The van der Waals surface area contributed by atoms with E-state index < -0.39 is 0 Å². The largest absolute Gasteiger partial charge is 0.486 e. The van der Waals surface area contributed by atoms with Crippen LogP contribution in [0.3, 0.4) is 0 Å². The van der Waals surface area contributed by atoms with Crippen LogP contribution in [-0.2, 0) is 13.0 Å². The van der Waals surface area contributed by atoms with E-state index in [1.165, 1.54) is 0 Å². The van der Waals surface area contributed by atoms with Crippen LogP contribution in [0.1, 0.15) is 28.5 Å². The first-order valence-corrected chi connectivity index (χ1v) is 9.53. The van der Waals surface area contributed by atoms with Gasteiger partial charge in [0.25, 0.3) is 5.91 Å². The van der Waals surface area contributed by atoms with Gasteiger partial charge in [0.15, 0.2) is 11.5 Å². The van der Waals surface area contributed by atoms with Crippen LogP contribution in [-0.4, -0.2) is 28.9 Å². The van der Waals surface area contributed by atoms with Crippen molar-refractivity contribution in [1.82, 2.24) is 15.1 Å². The van der Waals surface area contributed by atoms with Crippen LogP contribution < -0.4 is 14.8 Å². The SMILES string of the molecule is CCc1c(C(=O)NCc2ccc3c(c2)OCCO3)cnn1-c1cccc(Cl)c1. The van der Waals surface area contributed by atoms with Crippen molar-refractivity contribution >= 4 is 17.5 Å². The number of ether oxygens (including phenoxy) is 2. The highest BCUT2D eigenvalue weighted by atomic mass is 35.5. The maximum atomic E-state index is 12.8. The molecule has 2 heterocycles. The number of hydrogen-bond acceptors (Lipinski definition) is 4. The lowest BCUT2D eigenvalue weighted by molar-refractivity contribution is 0.0950. The molecule has 1 aromatic heterocycles. The lowest BCUT2D eigenvalue weighted by atomic mass is 10.1. The van der Waals surface area contributed by atoms with E-state index in [-0.39, 0.29) is 5.91 Å². The van der Waals surface area contributed by atoms with Gasteiger partial charge in [0.1, 0.15) is 13.2 Å². The van der Waals surface area contributed by atoms with Crippen LogP contribution in [0.25, 0.3) is 5.69 Å². The van der Waals surface area contributed by atoms with Gasteiger partial charge in [-0.2, -0.15) is 5.10 Å². The average molecular weight is 398 g/mol.